The minimum atomic E-state index is -0.488. The van der Waals surface area contributed by atoms with Gasteiger partial charge in [-0.2, -0.15) is 0 Å². The summed E-state index contributed by atoms with van der Waals surface area (Å²) in [6, 6.07) is 4.63. The first kappa shape index (κ1) is 12.7. The summed E-state index contributed by atoms with van der Waals surface area (Å²) in [5.41, 5.74) is 0.591. The maximum Gasteiger partial charge on any atom is 0.279 e. The van der Waals surface area contributed by atoms with Crippen LogP contribution >= 0.6 is 39.3 Å². The lowest BCUT2D eigenvalue weighted by molar-refractivity contribution is -0.117. The van der Waals surface area contributed by atoms with Gasteiger partial charge in [0.1, 0.15) is 6.04 Å². The standard InChI is InChI=1S/C10H8BrClN2O2S/c11-6-2-1-5(12)3-7(6)13-9(15)8-4-17-10(16)14-8/h1-3,8H,4H2,(H,13,15)(H,14,16). The van der Waals surface area contributed by atoms with Gasteiger partial charge in [0.15, 0.2) is 0 Å². The zero-order chi connectivity index (χ0) is 12.4. The predicted octanol–water partition coefficient (Wildman–Crippen LogP) is 2.87. The molecule has 1 heterocycles. The number of hydrogen-bond acceptors (Lipinski definition) is 3. The van der Waals surface area contributed by atoms with Crippen LogP contribution in [0, 0.1) is 0 Å². The first-order valence-electron chi connectivity index (χ1n) is 4.75. The minimum Gasteiger partial charge on any atom is -0.334 e. The van der Waals surface area contributed by atoms with Crippen molar-refractivity contribution in [3.8, 4) is 0 Å². The normalized spacial score (nSPS) is 18.9. The molecule has 0 spiro atoms. The molecule has 1 fully saturated rings. The molecule has 1 aromatic carbocycles. The average Bonchev–Trinajstić information content (AvgIpc) is 2.70. The van der Waals surface area contributed by atoms with E-state index in [1.165, 1.54) is 0 Å². The van der Waals surface area contributed by atoms with Crippen molar-refractivity contribution >= 4 is 56.1 Å². The van der Waals surface area contributed by atoms with E-state index in [2.05, 4.69) is 26.6 Å². The van der Waals surface area contributed by atoms with Crippen LogP contribution in [0.1, 0.15) is 0 Å². The lowest BCUT2D eigenvalue weighted by atomic mass is 10.2. The van der Waals surface area contributed by atoms with Gasteiger partial charge >= 0.3 is 0 Å². The van der Waals surface area contributed by atoms with Crippen LogP contribution in [-0.4, -0.2) is 22.9 Å². The fraction of sp³-hybridized carbons (Fsp3) is 0.200. The van der Waals surface area contributed by atoms with Crippen molar-refractivity contribution in [1.29, 1.82) is 0 Å². The Morgan fingerprint density at radius 1 is 1.59 bits per heavy atom. The van der Waals surface area contributed by atoms with E-state index >= 15 is 0 Å². The van der Waals surface area contributed by atoms with Gasteiger partial charge in [0.25, 0.3) is 5.24 Å². The molecule has 0 aromatic heterocycles. The summed E-state index contributed by atoms with van der Waals surface area (Å²) in [5.74, 6) is 0.203. The summed E-state index contributed by atoms with van der Waals surface area (Å²) in [5, 5.41) is 5.65. The van der Waals surface area contributed by atoms with E-state index in [0.29, 0.717) is 16.5 Å². The quantitative estimate of drug-likeness (QED) is 0.874. The van der Waals surface area contributed by atoms with Crippen LogP contribution in [0.5, 0.6) is 0 Å². The Morgan fingerprint density at radius 2 is 2.35 bits per heavy atom. The molecule has 2 N–H and O–H groups in total. The number of thioether (sulfide) groups is 1. The highest BCUT2D eigenvalue weighted by Crippen LogP contribution is 2.26. The third-order valence-electron chi connectivity index (χ3n) is 2.18. The Hall–Kier alpha value is -0.720. The summed E-state index contributed by atoms with van der Waals surface area (Å²) in [4.78, 5) is 22.8. The van der Waals surface area contributed by atoms with Crippen LogP contribution in [0.15, 0.2) is 22.7 Å². The van der Waals surface area contributed by atoms with E-state index in [-0.39, 0.29) is 11.1 Å². The molecule has 17 heavy (non-hydrogen) atoms. The molecule has 4 nitrogen and oxygen atoms in total. The Kier molecular flexibility index (Phi) is 3.96. The van der Waals surface area contributed by atoms with Crippen LogP contribution in [0.4, 0.5) is 10.5 Å². The fourth-order valence-corrected chi connectivity index (χ4v) is 2.64. The molecule has 1 atom stereocenters. The number of anilines is 1. The van der Waals surface area contributed by atoms with Crippen molar-refractivity contribution in [2.45, 2.75) is 6.04 Å². The van der Waals surface area contributed by atoms with Gasteiger partial charge < -0.3 is 10.6 Å². The van der Waals surface area contributed by atoms with Gasteiger partial charge in [0.2, 0.25) is 5.91 Å². The van der Waals surface area contributed by atoms with Crippen molar-refractivity contribution in [1.82, 2.24) is 5.32 Å². The minimum absolute atomic E-state index is 0.171. The predicted molar refractivity (Wildman–Crippen MR) is 72.6 cm³/mol. The van der Waals surface area contributed by atoms with Gasteiger partial charge in [-0.15, -0.1) is 0 Å². The first-order chi connectivity index (χ1) is 8.06. The number of hydrogen-bond donors (Lipinski definition) is 2. The smallest absolute Gasteiger partial charge is 0.279 e. The van der Waals surface area contributed by atoms with E-state index in [4.69, 9.17) is 11.6 Å². The van der Waals surface area contributed by atoms with Crippen LogP contribution in [0.25, 0.3) is 0 Å². The highest BCUT2D eigenvalue weighted by atomic mass is 79.9. The van der Waals surface area contributed by atoms with Gasteiger partial charge in [-0.05, 0) is 34.1 Å². The molecule has 1 aliphatic heterocycles. The number of rotatable bonds is 2. The number of carbonyl (C=O) groups is 2. The highest BCUT2D eigenvalue weighted by Gasteiger charge is 2.28. The molecule has 2 rings (SSSR count). The van der Waals surface area contributed by atoms with E-state index in [1.807, 2.05) is 0 Å². The molecule has 0 bridgehead atoms. The average molecular weight is 336 g/mol. The molecule has 90 valence electrons. The zero-order valence-electron chi connectivity index (χ0n) is 8.50. The van der Waals surface area contributed by atoms with E-state index in [9.17, 15) is 9.59 Å². The van der Waals surface area contributed by atoms with Crippen molar-refractivity contribution < 1.29 is 9.59 Å². The van der Waals surface area contributed by atoms with Crippen molar-refractivity contribution in [2.24, 2.45) is 0 Å². The Labute approximate surface area is 116 Å². The molecule has 1 unspecified atom stereocenters. The number of amides is 2. The lowest BCUT2D eigenvalue weighted by Crippen LogP contribution is -2.38. The van der Waals surface area contributed by atoms with Crippen LogP contribution in [0.3, 0.4) is 0 Å². The Balaban J connectivity index is 2.07. The van der Waals surface area contributed by atoms with Crippen molar-refractivity contribution in [2.75, 3.05) is 11.1 Å². The second kappa shape index (κ2) is 5.29. The molecule has 0 radical (unpaired) electrons. The number of nitrogens with one attached hydrogen (secondary N) is 2. The third kappa shape index (κ3) is 3.14. The van der Waals surface area contributed by atoms with Crippen LogP contribution in [-0.2, 0) is 4.79 Å². The largest absolute Gasteiger partial charge is 0.334 e. The molecule has 1 aliphatic rings. The first-order valence-corrected chi connectivity index (χ1v) is 6.91. The molecule has 0 saturated carbocycles. The molecule has 0 aliphatic carbocycles. The molecular weight excluding hydrogens is 328 g/mol. The Bertz CT molecular complexity index is 483. The zero-order valence-corrected chi connectivity index (χ0v) is 11.7. The number of benzene rings is 1. The molecule has 1 saturated heterocycles. The molecule has 7 heteroatoms. The number of halogens is 2. The van der Waals surface area contributed by atoms with E-state index < -0.39 is 6.04 Å². The second-order valence-corrected chi connectivity index (χ2v) is 5.69. The van der Waals surface area contributed by atoms with Gasteiger partial charge in [0.05, 0.1) is 5.69 Å². The van der Waals surface area contributed by atoms with Crippen molar-refractivity contribution in [3.63, 3.8) is 0 Å². The fourth-order valence-electron chi connectivity index (χ4n) is 1.34. The summed E-state index contributed by atoms with van der Waals surface area (Å²) in [6.07, 6.45) is 0. The van der Waals surface area contributed by atoms with Crippen LogP contribution < -0.4 is 10.6 Å². The summed E-state index contributed by atoms with van der Waals surface area (Å²) < 4.78 is 0.743. The van der Waals surface area contributed by atoms with Gasteiger partial charge in [-0.25, -0.2) is 0 Å². The Morgan fingerprint density at radius 3 is 3.00 bits per heavy atom. The molecule has 1 aromatic rings. The summed E-state index contributed by atoms with van der Waals surface area (Å²) in [7, 11) is 0. The third-order valence-corrected chi connectivity index (χ3v) is 3.98. The van der Waals surface area contributed by atoms with Gasteiger partial charge in [-0.3, -0.25) is 9.59 Å². The summed E-state index contributed by atoms with van der Waals surface area (Å²) >= 11 is 10.3. The highest BCUT2D eigenvalue weighted by molar-refractivity contribution is 9.10. The summed E-state index contributed by atoms with van der Waals surface area (Å²) in [6.45, 7) is 0. The SMILES string of the molecule is O=C1NC(C(=O)Nc2cc(Cl)ccc2Br)CS1. The monoisotopic (exact) mass is 334 g/mol. The number of carbonyl (C=O) groups excluding carboxylic acids is 2. The van der Waals surface area contributed by atoms with Crippen LogP contribution in [0.2, 0.25) is 5.02 Å². The molecule has 2 amide bonds. The van der Waals surface area contributed by atoms with Crippen molar-refractivity contribution in [3.05, 3.63) is 27.7 Å². The van der Waals surface area contributed by atoms with E-state index in [1.54, 1.807) is 18.2 Å². The van der Waals surface area contributed by atoms with Gasteiger partial charge in [-0.1, -0.05) is 23.4 Å². The molecular formula is C10H8BrClN2O2S. The lowest BCUT2D eigenvalue weighted by Gasteiger charge is -2.11. The van der Waals surface area contributed by atoms with E-state index in [0.717, 1.165) is 16.2 Å². The van der Waals surface area contributed by atoms with Gasteiger partial charge in [0, 0.05) is 15.2 Å². The maximum absolute atomic E-state index is 11.8. The second-order valence-electron chi connectivity index (χ2n) is 3.41. The maximum atomic E-state index is 11.8. The topological polar surface area (TPSA) is 58.2 Å².